The Balaban J connectivity index is 1.83. The molecule has 0 bridgehead atoms. The Morgan fingerprint density at radius 3 is 2.33 bits per heavy atom. The van der Waals surface area contributed by atoms with Crippen LogP contribution < -0.4 is 14.8 Å². The van der Waals surface area contributed by atoms with Gasteiger partial charge < -0.3 is 29.9 Å². The van der Waals surface area contributed by atoms with Crippen LogP contribution in [0.15, 0.2) is 23.8 Å². The van der Waals surface area contributed by atoms with Gasteiger partial charge in [-0.2, -0.15) is 0 Å². The van der Waals surface area contributed by atoms with Crippen molar-refractivity contribution in [2.45, 2.75) is 134 Å². The van der Waals surface area contributed by atoms with Gasteiger partial charge in [0.15, 0.2) is 11.5 Å². The number of unbranched alkanes of at least 4 members (excludes halogenated alkanes) is 8. The standard InChI is InChI=1S/C35H53IN2O7/c1-3-4-5-6-7-8-9-10-14-17-32(41)38(27-15-12-11-13-16-27)29-22-26(35(43)37-18-19-39)23-30(33(29)42)45-34-28(36)20-25(24-40)21-31(34)44-2/h20-21,23-24,27,29-30,33,39,42H,3-19,22H2,1-2H3,(H,37,43). The van der Waals surface area contributed by atoms with Gasteiger partial charge in [0.2, 0.25) is 11.8 Å². The van der Waals surface area contributed by atoms with E-state index in [0.29, 0.717) is 32.6 Å². The molecule has 9 nitrogen and oxygen atoms in total. The lowest BCUT2D eigenvalue weighted by molar-refractivity contribution is -0.143. The minimum atomic E-state index is -1.10. The molecule has 0 aromatic heterocycles. The van der Waals surface area contributed by atoms with E-state index in [0.717, 1.165) is 57.7 Å². The molecule has 0 heterocycles. The van der Waals surface area contributed by atoms with Crippen molar-refractivity contribution in [2.24, 2.45) is 0 Å². The molecule has 3 unspecified atom stereocenters. The Hall–Kier alpha value is -2.18. The number of aliphatic hydroxyl groups excluding tert-OH is 2. The number of methoxy groups -OCH3 is 1. The Morgan fingerprint density at radius 1 is 1.04 bits per heavy atom. The number of amides is 2. The molecule has 3 atom stereocenters. The third kappa shape index (κ3) is 11.2. The van der Waals surface area contributed by atoms with Crippen molar-refractivity contribution >= 4 is 40.7 Å². The molecule has 2 aliphatic carbocycles. The van der Waals surface area contributed by atoms with E-state index in [1.807, 2.05) is 4.90 Å². The molecule has 1 fully saturated rings. The zero-order valence-corrected chi connectivity index (χ0v) is 29.3. The zero-order chi connectivity index (χ0) is 32.6. The molecular formula is C35H53IN2O7. The predicted molar refractivity (Wildman–Crippen MR) is 184 cm³/mol. The monoisotopic (exact) mass is 740 g/mol. The van der Waals surface area contributed by atoms with Crippen molar-refractivity contribution in [2.75, 3.05) is 20.3 Å². The molecule has 3 rings (SSSR count). The number of carbonyl (C=O) groups excluding carboxylic acids is 3. The summed E-state index contributed by atoms with van der Waals surface area (Å²) in [6.45, 7) is 2.12. The van der Waals surface area contributed by atoms with Gasteiger partial charge in [0.05, 0.1) is 23.3 Å². The molecule has 0 radical (unpaired) electrons. The molecule has 0 aliphatic heterocycles. The SMILES string of the molecule is CCCCCCCCCCCC(=O)N(C1CCCCC1)C1CC(C(=O)NCCO)=CC(Oc2c(I)cc(C=O)cc2OC)C1O. The highest BCUT2D eigenvalue weighted by Crippen LogP contribution is 2.38. The second kappa shape index (κ2) is 20.1. The Bertz CT molecular complexity index is 1120. The minimum absolute atomic E-state index is 0.00786. The maximum atomic E-state index is 14.0. The van der Waals surface area contributed by atoms with Crippen molar-refractivity contribution in [3.05, 3.63) is 32.9 Å². The lowest BCUT2D eigenvalue weighted by atomic mass is 9.85. The van der Waals surface area contributed by atoms with E-state index >= 15 is 0 Å². The van der Waals surface area contributed by atoms with Crippen molar-refractivity contribution in [1.29, 1.82) is 0 Å². The van der Waals surface area contributed by atoms with Gasteiger partial charge in [0.25, 0.3) is 0 Å². The van der Waals surface area contributed by atoms with Gasteiger partial charge in [0, 0.05) is 36.6 Å². The van der Waals surface area contributed by atoms with Gasteiger partial charge in [0.1, 0.15) is 18.5 Å². The van der Waals surface area contributed by atoms with Gasteiger partial charge in [-0.15, -0.1) is 0 Å². The summed E-state index contributed by atoms with van der Waals surface area (Å²) < 4.78 is 12.5. The van der Waals surface area contributed by atoms with E-state index in [9.17, 15) is 24.6 Å². The molecule has 0 spiro atoms. The number of aldehydes is 1. The van der Waals surface area contributed by atoms with Gasteiger partial charge in [-0.1, -0.05) is 77.6 Å². The van der Waals surface area contributed by atoms with Gasteiger partial charge in [-0.05, 0) is 60.1 Å². The van der Waals surface area contributed by atoms with E-state index in [1.54, 1.807) is 18.2 Å². The first-order valence-corrected chi connectivity index (χ1v) is 18.0. The molecule has 3 N–H and O–H groups in total. The van der Waals surface area contributed by atoms with E-state index < -0.39 is 18.2 Å². The summed E-state index contributed by atoms with van der Waals surface area (Å²) >= 11 is 2.06. The van der Waals surface area contributed by atoms with Crippen LogP contribution in [0.4, 0.5) is 0 Å². The molecule has 1 aromatic carbocycles. The summed E-state index contributed by atoms with van der Waals surface area (Å²) in [7, 11) is 1.48. The maximum Gasteiger partial charge on any atom is 0.247 e. The van der Waals surface area contributed by atoms with E-state index in [4.69, 9.17) is 9.47 Å². The van der Waals surface area contributed by atoms with Gasteiger partial charge >= 0.3 is 0 Å². The third-order valence-corrected chi connectivity index (χ3v) is 9.76. The number of carbonyl (C=O) groups is 3. The van der Waals surface area contributed by atoms with Crippen LogP contribution >= 0.6 is 22.6 Å². The number of benzene rings is 1. The predicted octanol–water partition coefficient (Wildman–Crippen LogP) is 6.11. The first kappa shape index (κ1) is 37.3. The number of halogens is 1. The van der Waals surface area contributed by atoms with E-state index in [1.165, 1.54) is 45.6 Å². The molecule has 1 aromatic rings. The minimum Gasteiger partial charge on any atom is -0.493 e. The van der Waals surface area contributed by atoms with Crippen LogP contribution in [0.5, 0.6) is 11.5 Å². The molecular weight excluding hydrogens is 687 g/mol. The molecule has 252 valence electrons. The molecule has 45 heavy (non-hydrogen) atoms. The number of rotatable bonds is 19. The summed E-state index contributed by atoms with van der Waals surface area (Å²) in [6.07, 6.45) is 16.3. The smallest absolute Gasteiger partial charge is 0.247 e. The van der Waals surface area contributed by atoms with Crippen LogP contribution in [0.3, 0.4) is 0 Å². The highest BCUT2D eigenvalue weighted by molar-refractivity contribution is 14.1. The second-order valence-corrected chi connectivity index (χ2v) is 13.5. The van der Waals surface area contributed by atoms with Crippen LogP contribution in [-0.2, 0) is 9.59 Å². The van der Waals surface area contributed by atoms with Gasteiger partial charge in [-0.3, -0.25) is 14.4 Å². The van der Waals surface area contributed by atoms with Gasteiger partial charge in [-0.25, -0.2) is 0 Å². The first-order valence-electron chi connectivity index (χ1n) is 16.9. The van der Waals surface area contributed by atoms with Crippen molar-refractivity contribution in [3.8, 4) is 11.5 Å². The van der Waals surface area contributed by atoms with E-state index in [2.05, 4.69) is 34.8 Å². The highest BCUT2D eigenvalue weighted by atomic mass is 127. The number of hydrogen-bond donors (Lipinski definition) is 3. The highest BCUT2D eigenvalue weighted by Gasteiger charge is 2.43. The van der Waals surface area contributed by atoms with Crippen LogP contribution in [0.25, 0.3) is 0 Å². The molecule has 2 amide bonds. The quantitative estimate of drug-likeness (QED) is 0.0889. The first-order chi connectivity index (χ1) is 21.8. The summed E-state index contributed by atoms with van der Waals surface area (Å²) in [6, 6.07) is 2.58. The number of hydrogen-bond acceptors (Lipinski definition) is 7. The fourth-order valence-electron chi connectivity index (χ4n) is 6.54. The summed E-state index contributed by atoms with van der Waals surface area (Å²) in [4.78, 5) is 40.5. The van der Waals surface area contributed by atoms with Crippen molar-refractivity contribution in [3.63, 3.8) is 0 Å². The van der Waals surface area contributed by atoms with Crippen LogP contribution in [0, 0.1) is 3.57 Å². The summed E-state index contributed by atoms with van der Waals surface area (Å²) in [5.74, 6) is 0.350. The average molecular weight is 741 g/mol. The second-order valence-electron chi connectivity index (χ2n) is 12.3. The number of nitrogens with zero attached hydrogens (tertiary/aromatic N) is 1. The molecule has 1 saturated carbocycles. The van der Waals surface area contributed by atoms with Crippen molar-refractivity contribution < 1.29 is 34.1 Å². The van der Waals surface area contributed by atoms with Crippen LogP contribution in [-0.4, -0.2) is 77.8 Å². The normalized spacial score (nSPS) is 20.3. The lowest BCUT2D eigenvalue weighted by Crippen LogP contribution is -2.58. The van der Waals surface area contributed by atoms with Crippen molar-refractivity contribution in [1.82, 2.24) is 10.2 Å². The number of aliphatic hydroxyl groups is 2. The maximum absolute atomic E-state index is 14.0. The van der Waals surface area contributed by atoms with Crippen LogP contribution in [0.1, 0.15) is 120 Å². The van der Waals surface area contributed by atoms with E-state index in [-0.39, 0.29) is 37.4 Å². The van der Waals surface area contributed by atoms with Crippen LogP contribution in [0.2, 0.25) is 0 Å². The average Bonchev–Trinajstić information content (AvgIpc) is 3.05. The Kier molecular flexibility index (Phi) is 16.7. The fourth-order valence-corrected chi connectivity index (χ4v) is 7.29. The molecule has 0 saturated heterocycles. The lowest BCUT2D eigenvalue weighted by Gasteiger charge is -2.45. The molecule has 10 heteroatoms. The number of ether oxygens (including phenoxy) is 2. The Morgan fingerprint density at radius 2 is 1.71 bits per heavy atom. The fraction of sp³-hybridized carbons (Fsp3) is 0.686. The Labute approximate surface area is 282 Å². The summed E-state index contributed by atoms with van der Waals surface area (Å²) in [5, 5.41) is 23.9. The number of nitrogens with one attached hydrogen (secondary N) is 1. The zero-order valence-electron chi connectivity index (χ0n) is 27.1. The topological polar surface area (TPSA) is 125 Å². The molecule has 2 aliphatic rings. The summed E-state index contributed by atoms with van der Waals surface area (Å²) in [5.41, 5.74) is 0.828. The largest absolute Gasteiger partial charge is 0.493 e. The third-order valence-electron chi connectivity index (χ3n) is 8.96.